The summed E-state index contributed by atoms with van der Waals surface area (Å²) < 4.78 is 14.9. The normalized spacial score (nSPS) is 6.83. The van der Waals surface area contributed by atoms with Crippen LogP contribution >= 0.6 is 0 Å². The Morgan fingerprint density at radius 1 is 1.83 bits per heavy atom. The summed E-state index contributed by atoms with van der Waals surface area (Å²) in [5, 5.41) is 0. The molecule has 28 valence electrons. The summed E-state index contributed by atoms with van der Waals surface area (Å²) in [6.45, 7) is 0.313. The second-order valence-corrected chi connectivity index (χ2v) is 0.604. The monoisotopic (exact) mass is 82.0 g/mol. The molecule has 0 amide bonds. The molecule has 0 fully saturated rings. The van der Waals surface area contributed by atoms with Crippen molar-refractivity contribution in [1.29, 1.82) is 0 Å². The van der Waals surface area contributed by atoms with Gasteiger partial charge in [0.05, 0.1) is 0 Å². The average molecular weight is 81.5 g/mol. The second-order valence-electron chi connectivity index (χ2n) is 0.604. The van der Waals surface area contributed by atoms with Crippen LogP contribution in [0.15, 0.2) is 0 Å². The summed E-state index contributed by atoms with van der Waals surface area (Å²) in [4.78, 5) is 0. The third-order valence-corrected chi connectivity index (χ3v) is 0.238. The first kappa shape index (κ1) is 5.92. The van der Waals surface area contributed by atoms with Crippen LogP contribution in [0.1, 0.15) is 0 Å². The first-order valence-corrected chi connectivity index (χ1v) is 1.46. The molecule has 0 saturated heterocycles. The molecular weight excluding hydrogens is 79.4 g/mol. The summed E-state index contributed by atoms with van der Waals surface area (Å²) in [6, 6.07) is 0. The molecule has 0 heterocycles. The molecule has 0 unspecified atom stereocenters. The van der Waals surface area contributed by atoms with E-state index in [0.29, 0.717) is 0 Å². The fraction of sp³-hybridized carbons (Fsp3) is 1.00. The molecule has 0 bridgehead atoms. The van der Waals surface area contributed by atoms with Crippen molar-refractivity contribution < 1.29 is 9.04 Å². The molecule has 0 rings (SSSR count). The van der Waals surface area contributed by atoms with Crippen LogP contribution in [0.25, 0.3) is 0 Å². The maximum atomic E-state index is 10.9. The Bertz CT molecular complexity index is 46.1. The van der Waals surface area contributed by atoms with Gasteiger partial charge in [-0.3, -0.25) is 0 Å². The molecule has 0 spiro atoms. The van der Waals surface area contributed by atoms with Crippen LogP contribution in [0, 0.1) is 0 Å². The topological polar surface area (TPSA) is 9.23 Å². The van der Waals surface area contributed by atoms with Crippen LogP contribution < -0.4 is 0 Å². The van der Waals surface area contributed by atoms with Crippen molar-refractivity contribution >= 4 is 21.4 Å². The fourth-order valence-electron chi connectivity index (χ4n) is 0.0919. The van der Waals surface area contributed by atoms with Crippen molar-refractivity contribution in [3.63, 3.8) is 0 Å². The van der Waals surface area contributed by atoms with E-state index in [4.69, 9.17) is 7.74 Å². The van der Waals surface area contributed by atoms with E-state index in [1.807, 2.05) is 0 Å². The number of rotatable bonds is 2. The first-order valence-electron chi connectivity index (χ1n) is 1.46. The van der Waals surface area contributed by atoms with Crippen molar-refractivity contribution in [3.05, 3.63) is 0 Å². The number of hydrogen-bond acceptors (Lipinski definition) is 1. The van der Waals surface area contributed by atoms with Gasteiger partial charge in [0.25, 0.3) is 0 Å². The SMILES string of the molecule is [B]B=BOCF. The van der Waals surface area contributed by atoms with Crippen LogP contribution in [-0.2, 0) is 4.65 Å². The van der Waals surface area contributed by atoms with Gasteiger partial charge in [-0.2, -0.15) is 0 Å². The van der Waals surface area contributed by atoms with E-state index in [0.717, 1.165) is 13.7 Å². The van der Waals surface area contributed by atoms with Crippen molar-refractivity contribution in [2.24, 2.45) is 0 Å². The number of hydrogen-bond donors (Lipinski definition) is 0. The summed E-state index contributed by atoms with van der Waals surface area (Å²) in [5.74, 6) is 0. The van der Waals surface area contributed by atoms with Crippen LogP contribution in [0.2, 0.25) is 0 Å². The van der Waals surface area contributed by atoms with Crippen molar-refractivity contribution in [2.45, 2.75) is 0 Å². The molecule has 5 heteroatoms. The van der Waals surface area contributed by atoms with E-state index < -0.39 is 6.86 Å². The van der Waals surface area contributed by atoms with E-state index in [1.54, 1.807) is 0 Å². The van der Waals surface area contributed by atoms with Gasteiger partial charge >= 0.3 is 37.3 Å². The molecule has 1 nitrogen and oxygen atoms in total. The zero-order chi connectivity index (χ0) is 4.83. The summed E-state index contributed by atoms with van der Waals surface area (Å²) in [7, 11) is 5.83. The molecule has 0 aliphatic rings. The van der Waals surface area contributed by atoms with E-state index in [1.165, 1.54) is 0 Å². The molecular formula is CH2B3FO. The standard InChI is InChI=1S/CH2B3FO/c2-3-4-6-1-5/h1H2. The Labute approximate surface area is 38.4 Å². The van der Waals surface area contributed by atoms with E-state index in [2.05, 4.69) is 4.65 Å². The minimum absolute atomic E-state index is 0.812. The summed E-state index contributed by atoms with van der Waals surface area (Å²) >= 11 is 0. The van der Waals surface area contributed by atoms with E-state index in [-0.39, 0.29) is 0 Å². The molecule has 0 atom stereocenters. The zero-order valence-corrected chi connectivity index (χ0v) is 3.23. The van der Waals surface area contributed by atoms with Crippen LogP contribution in [0.5, 0.6) is 0 Å². The predicted octanol–water partition coefficient (Wildman–Crippen LogP) is -0.748. The minimum atomic E-state index is -0.812. The van der Waals surface area contributed by atoms with Gasteiger partial charge in [0.1, 0.15) is 0 Å². The molecule has 0 saturated carbocycles. The Hall–Kier alpha value is -0.0752. The van der Waals surface area contributed by atoms with Gasteiger partial charge in [0.2, 0.25) is 0 Å². The number of alkyl halides is 1. The average Bonchev–Trinajstić information content (AvgIpc) is 1.61. The molecule has 2 radical (unpaired) electrons. The summed E-state index contributed by atoms with van der Waals surface area (Å²) in [6.07, 6.45) is 0. The van der Waals surface area contributed by atoms with Gasteiger partial charge in [-0.15, -0.1) is 0 Å². The van der Waals surface area contributed by atoms with Gasteiger partial charge in [-0.1, -0.05) is 0 Å². The second kappa shape index (κ2) is 4.92. The Kier molecular flexibility index (Phi) is 4.86. The van der Waals surface area contributed by atoms with Crippen LogP contribution in [0.4, 0.5) is 4.39 Å². The maximum absolute atomic E-state index is 10.9. The van der Waals surface area contributed by atoms with Crippen LogP contribution in [0.3, 0.4) is 0 Å². The first-order chi connectivity index (χ1) is 2.91. The Morgan fingerprint density at radius 3 is 2.67 bits per heavy atom. The quantitative estimate of drug-likeness (QED) is 0.398. The van der Waals surface area contributed by atoms with Crippen molar-refractivity contribution in [2.75, 3.05) is 6.86 Å². The number of halogens is 1. The molecule has 0 aromatic rings. The van der Waals surface area contributed by atoms with Gasteiger partial charge in [-0.25, -0.2) is 0 Å². The third-order valence-electron chi connectivity index (χ3n) is 0.238. The third kappa shape index (κ3) is 3.92. The van der Waals surface area contributed by atoms with Gasteiger partial charge in [0, 0.05) is 0 Å². The summed E-state index contributed by atoms with van der Waals surface area (Å²) in [5.41, 5.74) is 0. The van der Waals surface area contributed by atoms with E-state index in [9.17, 15) is 4.39 Å². The zero-order valence-electron chi connectivity index (χ0n) is 3.23. The molecule has 0 aromatic heterocycles. The fourth-order valence-corrected chi connectivity index (χ4v) is 0.0919. The molecule has 6 heavy (non-hydrogen) atoms. The van der Waals surface area contributed by atoms with Gasteiger partial charge < -0.3 is 0 Å². The molecule has 0 aromatic carbocycles. The van der Waals surface area contributed by atoms with Gasteiger partial charge in [-0.05, 0) is 0 Å². The van der Waals surface area contributed by atoms with Crippen molar-refractivity contribution in [3.8, 4) is 0 Å². The van der Waals surface area contributed by atoms with Crippen LogP contribution in [-0.4, -0.2) is 28.3 Å². The van der Waals surface area contributed by atoms with Gasteiger partial charge in [0.15, 0.2) is 0 Å². The van der Waals surface area contributed by atoms with Crippen molar-refractivity contribution in [1.82, 2.24) is 0 Å². The predicted molar refractivity (Wildman–Crippen MR) is 24.3 cm³/mol. The molecule has 0 N–H and O–H groups in total. The Morgan fingerprint density at radius 2 is 2.50 bits per heavy atom. The Balaban J connectivity index is 2.66. The molecule has 0 aliphatic heterocycles. The molecule has 0 aliphatic carbocycles. The van der Waals surface area contributed by atoms with E-state index >= 15 is 0 Å².